The minimum atomic E-state index is -0.625. The molecule has 0 aliphatic carbocycles. The van der Waals surface area contributed by atoms with Gasteiger partial charge in [-0.1, -0.05) is 85.8 Å². The lowest BCUT2D eigenvalue weighted by Gasteiger charge is -2.31. The van der Waals surface area contributed by atoms with Crippen LogP contribution >= 0.6 is 0 Å². The summed E-state index contributed by atoms with van der Waals surface area (Å²) >= 11 is 0. The molecule has 0 aliphatic heterocycles. The van der Waals surface area contributed by atoms with Crippen molar-refractivity contribution in [2.45, 2.75) is 38.9 Å². The molecule has 3 aromatic rings. The summed E-state index contributed by atoms with van der Waals surface area (Å²) in [5.74, 6) is 0.484. The topological polar surface area (TPSA) is 58.6 Å². The van der Waals surface area contributed by atoms with Crippen molar-refractivity contribution in [1.82, 2.24) is 10.2 Å². The Kier molecular flexibility index (Phi) is 8.44. The van der Waals surface area contributed by atoms with Crippen LogP contribution in [0.1, 0.15) is 30.0 Å². The van der Waals surface area contributed by atoms with Crippen molar-refractivity contribution in [2.24, 2.45) is 0 Å². The molecule has 0 saturated heterocycles. The number of nitrogens with one attached hydrogen (secondary N) is 1. The van der Waals surface area contributed by atoms with Gasteiger partial charge in [0, 0.05) is 31.5 Å². The second-order valence-electron chi connectivity index (χ2n) is 7.60. The number of hydrogen-bond acceptors (Lipinski definition) is 3. The van der Waals surface area contributed by atoms with E-state index in [0.717, 1.165) is 22.4 Å². The van der Waals surface area contributed by atoms with Crippen LogP contribution in [-0.4, -0.2) is 29.9 Å². The molecule has 0 saturated carbocycles. The van der Waals surface area contributed by atoms with Gasteiger partial charge in [0.2, 0.25) is 11.8 Å². The van der Waals surface area contributed by atoms with Crippen LogP contribution in [0, 0.1) is 0 Å². The normalized spacial score (nSPS) is 11.4. The van der Waals surface area contributed by atoms with E-state index in [9.17, 15) is 9.59 Å². The molecule has 1 N–H and O–H groups in total. The third kappa shape index (κ3) is 6.20. The van der Waals surface area contributed by atoms with E-state index in [0.29, 0.717) is 25.9 Å². The molecule has 0 heterocycles. The maximum Gasteiger partial charge on any atom is 0.243 e. The Balaban J connectivity index is 1.86. The zero-order valence-electron chi connectivity index (χ0n) is 18.7. The molecule has 1 atom stereocenters. The first-order valence-corrected chi connectivity index (χ1v) is 10.9. The van der Waals surface area contributed by atoms with Crippen LogP contribution < -0.4 is 10.1 Å². The van der Waals surface area contributed by atoms with Crippen LogP contribution in [0.3, 0.4) is 0 Å². The third-order valence-corrected chi connectivity index (χ3v) is 5.41. The van der Waals surface area contributed by atoms with Crippen LogP contribution in [0.5, 0.6) is 5.75 Å². The van der Waals surface area contributed by atoms with E-state index in [-0.39, 0.29) is 11.8 Å². The van der Waals surface area contributed by atoms with Gasteiger partial charge in [-0.05, 0) is 17.2 Å². The predicted octanol–water partition coefficient (Wildman–Crippen LogP) is 4.36. The lowest BCUT2D eigenvalue weighted by molar-refractivity contribution is -0.141. The zero-order valence-corrected chi connectivity index (χ0v) is 18.7. The number of hydrogen-bond donors (Lipinski definition) is 1. The van der Waals surface area contributed by atoms with Gasteiger partial charge in [0.1, 0.15) is 11.8 Å². The molecule has 166 valence electrons. The van der Waals surface area contributed by atoms with Crippen molar-refractivity contribution in [3.8, 4) is 5.75 Å². The minimum absolute atomic E-state index is 0.0535. The largest absolute Gasteiger partial charge is 0.496 e. The Morgan fingerprint density at radius 2 is 1.47 bits per heavy atom. The van der Waals surface area contributed by atoms with Crippen molar-refractivity contribution >= 4 is 11.8 Å². The maximum absolute atomic E-state index is 13.4. The highest BCUT2D eigenvalue weighted by Gasteiger charge is 2.29. The lowest BCUT2D eigenvalue weighted by atomic mass is 10.0. The van der Waals surface area contributed by atoms with Crippen LogP contribution in [0.2, 0.25) is 0 Å². The zero-order chi connectivity index (χ0) is 22.8. The monoisotopic (exact) mass is 430 g/mol. The van der Waals surface area contributed by atoms with Crippen molar-refractivity contribution in [3.63, 3.8) is 0 Å². The standard InChI is InChI=1S/C27H30N2O3/c1-3-26(30)29(20-22-14-8-5-9-15-22)24(18-21-12-6-4-7-13-21)27(31)28-19-23-16-10-11-17-25(23)32-2/h4-17,24H,3,18-20H2,1-2H3,(H,28,31). The van der Waals surface area contributed by atoms with E-state index in [4.69, 9.17) is 4.74 Å². The fraction of sp³-hybridized carbons (Fsp3) is 0.259. The van der Waals surface area contributed by atoms with Gasteiger partial charge in [0.15, 0.2) is 0 Å². The van der Waals surface area contributed by atoms with E-state index >= 15 is 0 Å². The molecule has 0 bridgehead atoms. The molecule has 32 heavy (non-hydrogen) atoms. The molecule has 2 amide bonds. The van der Waals surface area contributed by atoms with Crippen molar-refractivity contribution in [1.29, 1.82) is 0 Å². The van der Waals surface area contributed by atoms with Gasteiger partial charge in [0.25, 0.3) is 0 Å². The number of methoxy groups -OCH3 is 1. The van der Waals surface area contributed by atoms with Gasteiger partial charge in [-0.2, -0.15) is 0 Å². The van der Waals surface area contributed by atoms with Crippen molar-refractivity contribution in [2.75, 3.05) is 7.11 Å². The van der Waals surface area contributed by atoms with Gasteiger partial charge >= 0.3 is 0 Å². The average Bonchev–Trinajstić information content (AvgIpc) is 2.85. The highest BCUT2D eigenvalue weighted by atomic mass is 16.5. The fourth-order valence-corrected chi connectivity index (χ4v) is 3.69. The minimum Gasteiger partial charge on any atom is -0.496 e. The van der Waals surface area contributed by atoms with E-state index in [1.165, 1.54) is 0 Å². The van der Waals surface area contributed by atoms with E-state index < -0.39 is 6.04 Å². The van der Waals surface area contributed by atoms with Crippen molar-refractivity contribution in [3.05, 3.63) is 102 Å². The Bertz CT molecular complexity index is 1010. The Labute approximate surface area is 190 Å². The summed E-state index contributed by atoms with van der Waals surface area (Å²) in [7, 11) is 1.61. The van der Waals surface area contributed by atoms with Crippen LogP contribution in [0.15, 0.2) is 84.9 Å². The quantitative estimate of drug-likeness (QED) is 0.520. The number of para-hydroxylation sites is 1. The Hall–Kier alpha value is -3.60. The van der Waals surface area contributed by atoms with E-state index in [2.05, 4.69) is 5.32 Å². The molecule has 1 unspecified atom stereocenters. The second-order valence-corrected chi connectivity index (χ2v) is 7.60. The first kappa shape index (κ1) is 23.1. The number of ether oxygens (including phenoxy) is 1. The first-order chi connectivity index (χ1) is 15.6. The van der Waals surface area contributed by atoms with Crippen LogP contribution in [0.25, 0.3) is 0 Å². The number of rotatable bonds is 10. The van der Waals surface area contributed by atoms with Crippen LogP contribution in [-0.2, 0) is 29.1 Å². The summed E-state index contributed by atoms with van der Waals surface area (Å²) in [5.41, 5.74) is 2.88. The van der Waals surface area contributed by atoms with Gasteiger partial charge < -0.3 is 15.0 Å². The summed E-state index contributed by atoms with van der Waals surface area (Å²) < 4.78 is 5.40. The molecular weight excluding hydrogens is 400 g/mol. The van der Waals surface area contributed by atoms with E-state index in [1.54, 1.807) is 12.0 Å². The highest BCUT2D eigenvalue weighted by molar-refractivity contribution is 5.88. The summed E-state index contributed by atoms with van der Waals surface area (Å²) in [5, 5.41) is 3.03. The summed E-state index contributed by atoms with van der Waals surface area (Å²) in [4.78, 5) is 28.1. The van der Waals surface area contributed by atoms with E-state index in [1.807, 2.05) is 91.9 Å². The SMILES string of the molecule is CCC(=O)N(Cc1ccccc1)C(Cc1ccccc1)C(=O)NCc1ccccc1OC. The first-order valence-electron chi connectivity index (χ1n) is 10.9. The molecule has 0 radical (unpaired) electrons. The smallest absolute Gasteiger partial charge is 0.243 e. The average molecular weight is 431 g/mol. The Morgan fingerprint density at radius 3 is 2.09 bits per heavy atom. The number of carbonyl (C=O) groups excluding carboxylic acids is 2. The molecule has 5 nitrogen and oxygen atoms in total. The summed E-state index contributed by atoms with van der Waals surface area (Å²) in [6, 6.07) is 26.5. The number of benzene rings is 3. The molecule has 0 aliphatic rings. The number of carbonyl (C=O) groups is 2. The Morgan fingerprint density at radius 1 is 0.875 bits per heavy atom. The molecule has 0 spiro atoms. The molecule has 5 heteroatoms. The lowest BCUT2D eigenvalue weighted by Crippen LogP contribution is -2.50. The molecule has 3 rings (SSSR count). The van der Waals surface area contributed by atoms with Crippen molar-refractivity contribution < 1.29 is 14.3 Å². The van der Waals surface area contributed by atoms with Crippen LogP contribution in [0.4, 0.5) is 0 Å². The molecule has 3 aromatic carbocycles. The number of nitrogens with zero attached hydrogens (tertiary/aromatic N) is 1. The molecule has 0 fully saturated rings. The molecule has 0 aromatic heterocycles. The van der Waals surface area contributed by atoms with Gasteiger partial charge in [0.05, 0.1) is 7.11 Å². The third-order valence-electron chi connectivity index (χ3n) is 5.41. The van der Waals surface area contributed by atoms with Gasteiger partial charge in [-0.15, -0.1) is 0 Å². The second kappa shape index (κ2) is 11.7. The predicted molar refractivity (Wildman–Crippen MR) is 126 cm³/mol. The highest BCUT2D eigenvalue weighted by Crippen LogP contribution is 2.18. The summed E-state index contributed by atoms with van der Waals surface area (Å²) in [6.45, 7) is 2.54. The molecular formula is C27H30N2O3. The maximum atomic E-state index is 13.4. The fourth-order valence-electron chi connectivity index (χ4n) is 3.69. The number of amides is 2. The van der Waals surface area contributed by atoms with Gasteiger partial charge in [-0.25, -0.2) is 0 Å². The van der Waals surface area contributed by atoms with Gasteiger partial charge in [-0.3, -0.25) is 9.59 Å². The summed E-state index contributed by atoms with van der Waals surface area (Å²) in [6.07, 6.45) is 0.773.